The first-order chi connectivity index (χ1) is 17.9. The number of rotatable bonds is 7. The number of nitro groups is 1. The molecule has 11 heteroatoms. The lowest BCUT2D eigenvalue weighted by molar-refractivity contribution is -0.384. The number of benzene rings is 2. The fourth-order valence-electron chi connectivity index (χ4n) is 4.97. The summed E-state index contributed by atoms with van der Waals surface area (Å²) in [6.45, 7) is 2.30. The van der Waals surface area contributed by atoms with Crippen molar-refractivity contribution in [3.8, 4) is 11.3 Å². The Morgan fingerprint density at radius 2 is 1.78 bits per heavy atom. The number of morpholine rings is 1. The number of sulfonamides is 1. The Kier molecular flexibility index (Phi) is 7.84. The van der Waals surface area contributed by atoms with E-state index in [1.807, 2.05) is 11.4 Å². The molecule has 0 amide bonds. The average Bonchev–Trinajstić information content (AvgIpc) is 3.32. The van der Waals surface area contributed by atoms with Crippen LogP contribution in [0.5, 0.6) is 0 Å². The third kappa shape index (κ3) is 5.85. The van der Waals surface area contributed by atoms with Gasteiger partial charge in [-0.3, -0.25) is 10.1 Å². The van der Waals surface area contributed by atoms with Gasteiger partial charge in [0.1, 0.15) is 0 Å². The van der Waals surface area contributed by atoms with E-state index in [9.17, 15) is 18.5 Å². The molecular formula is C26H30N4O5S2. The minimum absolute atomic E-state index is 0.0588. The van der Waals surface area contributed by atoms with Crippen LogP contribution in [0.2, 0.25) is 0 Å². The molecule has 0 spiro atoms. The Morgan fingerprint density at radius 3 is 2.49 bits per heavy atom. The standard InChI is InChI=1S/C26H30N4O5S2/c31-30(32)23-8-4-7-21(17-23)25-19-36-26(29(25)18-20-5-2-1-3-6-20)27-22-9-11-24(12-10-22)37(33,34)28-13-15-35-16-14-28/h4,7-12,17,19-20H,1-3,5-6,13-16,18H2. The molecule has 9 nitrogen and oxygen atoms in total. The molecule has 5 rings (SSSR count). The first kappa shape index (κ1) is 25.8. The molecule has 0 unspecified atom stereocenters. The third-order valence-corrected chi connectivity index (χ3v) is 9.76. The number of nitro benzene ring substituents is 1. The van der Waals surface area contributed by atoms with Crippen molar-refractivity contribution >= 4 is 32.7 Å². The normalized spacial score (nSPS) is 18.2. The van der Waals surface area contributed by atoms with Crippen molar-refractivity contribution < 1.29 is 18.1 Å². The van der Waals surface area contributed by atoms with Gasteiger partial charge in [0.15, 0.2) is 4.80 Å². The van der Waals surface area contributed by atoms with Gasteiger partial charge < -0.3 is 9.30 Å². The van der Waals surface area contributed by atoms with Crippen LogP contribution in [0.15, 0.2) is 63.8 Å². The molecule has 2 aromatic carbocycles. The van der Waals surface area contributed by atoms with Gasteiger partial charge in [0, 0.05) is 42.7 Å². The van der Waals surface area contributed by atoms with Crippen LogP contribution in [0.3, 0.4) is 0 Å². The molecule has 0 N–H and O–H groups in total. The summed E-state index contributed by atoms with van der Waals surface area (Å²) in [4.78, 5) is 16.9. The lowest BCUT2D eigenvalue weighted by Crippen LogP contribution is -2.40. The number of ether oxygens (including phenoxy) is 1. The zero-order valence-corrected chi connectivity index (χ0v) is 22.1. The zero-order chi connectivity index (χ0) is 25.8. The maximum Gasteiger partial charge on any atom is 0.270 e. The van der Waals surface area contributed by atoms with Gasteiger partial charge in [-0.1, -0.05) is 31.4 Å². The molecule has 2 fully saturated rings. The van der Waals surface area contributed by atoms with Crippen LogP contribution < -0.4 is 4.80 Å². The minimum Gasteiger partial charge on any atom is -0.379 e. The van der Waals surface area contributed by atoms with Gasteiger partial charge >= 0.3 is 0 Å². The van der Waals surface area contributed by atoms with Crippen LogP contribution in [0.1, 0.15) is 32.1 Å². The summed E-state index contributed by atoms with van der Waals surface area (Å²) in [7, 11) is -3.57. The van der Waals surface area contributed by atoms with E-state index in [0.29, 0.717) is 37.9 Å². The minimum atomic E-state index is -3.57. The molecule has 0 radical (unpaired) electrons. The number of aromatic nitrogens is 1. The van der Waals surface area contributed by atoms with Gasteiger partial charge in [0.25, 0.3) is 5.69 Å². The molecule has 1 saturated heterocycles. The first-order valence-corrected chi connectivity index (χ1v) is 14.9. The molecule has 1 aliphatic heterocycles. The molecule has 196 valence electrons. The summed E-state index contributed by atoms with van der Waals surface area (Å²) >= 11 is 1.49. The zero-order valence-electron chi connectivity index (χ0n) is 20.5. The van der Waals surface area contributed by atoms with E-state index >= 15 is 0 Å². The monoisotopic (exact) mass is 542 g/mol. The highest BCUT2D eigenvalue weighted by molar-refractivity contribution is 7.89. The van der Waals surface area contributed by atoms with Crippen molar-refractivity contribution in [3.63, 3.8) is 0 Å². The maximum absolute atomic E-state index is 13.0. The molecule has 37 heavy (non-hydrogen) atoms. The van der Waals surface area contributed by atoms with E-state index in [-0.39, 0.29) is 15.5 Å². The van der Waals surface area contributed by atoms with Crippen LogP contribution in [0.25, 0.3) is 11.3 Å². The van der Waals surface area contributed by atoms with Crippen LogP contribution in [0.4, 0.5) is 11.4 Å². The van der Waals surface area contributed by atoms with E-state index in [0.717, 1.165) is 35.4 Å². The Balaban J connectivity index is 1.49. The quantitative estimate of drug-likeness (QED) is 0.310. The molecule has 1 aliphatic carbocycles. The van der Waals surface area contributed by atoms with Crippen LogP contribution >= 0.6 is 11.3 Å². The molecule has 3 aromatic rings. The first-order valence-electron chi connectivity index (χ1n) is 12.6. The van der Waals surface area contributed by atoms with Crippen LogP contribution in [0, 0.1) is 16.0 Å². The van der Waals surface area contributed by atoms with E-state index in [1.165, 1.54) is 41.0 Å². The van der Waals surface area contributed by atoms with E-state index in [4.69, 9.17) is 9.73 Å². The van der Waals surface area contributed by atoms with Crippen molar-refractivity contribution in [1.29, 1.82) is 0 Å². The van der Waals surface area contributed by atoms with Crippen LogP contribution in [-0.4, -0.2) is 48.5 Å². The number of hydrogen-bond donors (Lipinski definition) is 0. The smallest absolute Gasteiger partial charge is 0.270 e. The highest BCUT2D eigenvalue weighted by atomic mass is 32.2. The van der Waals surface area contributed by atoms with Gasteiger partial charge in [0.05, 0.1) is 34.4 Å². The molecule has 0 atom stereocenters. The van der Waals surface area contributed by atoms with Crippen LogP contribution in [-0.2, 0) is 21.3 Å². The maximum atomic E-state index is 13.0. The summed E-state index contributed by atoms with van der Waals surface area (Å²) in [6, 6.07) is 13.4. The Hall–Kier alpha value is -2.86. The second-order valence-corrected chi connectivity index (χ2v) is 12.2. The fourth-order valence-corrected chi connectivity index (χ4v) is 7.32. The second kappa shape index (κ2) is 11.3. The fraction of sp³-hybridized carbons (Fsp3) is 0.423. The highest BCUT2D eigenvalue weighted by Gasteiger charge is 2.26. The third-order valence-electron chi connectivity index (χ3n) is 6.99. The molecule has 0 bridgehead atoms. The second-order valence-electron chi connectivity index (χ2n) is 9.45. The Morgan fingerprint density at radius 1 is 1.05 bits per heavy atom. The number of nitrogens with zero attached hydrogens (tertiary/aromatic N) is 4. The Bertz CT molecular complexity index is 1420. The highest BCUT2D eigenvalue weighted by Crippen LogP contribution is 2.29. The van der Waals surface area contributed by atoms with Gasteiger partial charge in [0.2, 0.25) is 10.0 Å². The summed E-state index contributed by atoms with van der Waals surface area (Å²) in [5.74, 6) is 0.529. The summed E-state index contributed by atoms with van der Waals surface area (Å²) in [5, 5.41) is 13.4. The molecule has 2 aliphatic rings. The summed E-state index contributed by atoms with van der Waals surface area (Å²) < 4.78 is 34.8. The van der Waals surface area contributed by atoms with Gasteiger partial charge in [-0.2, -0.15) is 4.31 Å². The average molecular weight is 543 g/mol. The molecule has 1 aromatic heterocycles. The number of hydrogen-bond acceptors (Lipinski definition) is 7. The molecule has 1 saturated carbocycles. The summed E-state index contributed by atoms with van der Waals surface area (Å²) in [6.07, 6.45) is 6.01. The van der Waals surface area contributed by atoms with E-state index in [1.54, 1.807) is 36.4 Å². The molecular weight excluding hydrogens is 512 g/mol. The van der Waals surface area contributed by atoms with Gasteiger partial charge in [-0.25, -0.2) is 13.4 Å². The predicted octanol–water partition coefficient (Wildman–Crippen LogP) is 4.96. The largest absolute Gasteiger partial charge is 0.379 e. The number of thiazole rings is 1. The lowest BCUT2D eigenvalue weighted by atomic mass is 9.89. The van der Waals surface area contributed by atoms with Gasteiger partial charge in [-0.15, -0.1) is 11.3 Å². The van der Waals surface area contributed by atoms with Crippen molar-refractivity contribution in [2.45, 2.75) is 43.5 Å². The molecule has 2 heterocycles. The topological polar surface area (TPSA) is 107 Å². The lowest BCUT2D eigenvalue weighted by Gasteiger charge is -2.26. The van der Waals surface area contributed by atoms with E-state index in [2.05, 4.69) is 4.57 Å². The van der Waals surface area contributed by atoms with Crippen molar-refractivity contribution in [2.75, 3.05) is 26.3 Å². The van der Waals surface area contributed by atoms with Crippen molar-refractivity contribution in [2.24, 2.45) is 10.9 Å². The van der Waals surface area contributed by atoms with Crippen molar-refractivity contribution in [1.82, 2.24) is 8.87 Å². The Labute approximate surface area is 220 Å². The SMILES string of the molecule is O=[N+]([O-])c1cccc(-c2csc(=Nc3ccc(S(=O)(=O)N4CCOCC4)cc3)n2CC2CCCCC2)c1. The summed E-state index contributed by atoms with van der Waals surface area (Å²) in [5.41, 5.74) is 2.41. The predicted molar refractivity (Wildman–Crippen MR) is 142 cm³/mol. The van der Waals surface area contributed by atoms with Crippen molar-refractivity contribution in [3.05, 3.63) is 68.8 Å². The number of non-ortho nitro benzene ring substituents is 1. The van der Waals surface area contributed by atoms with Gasteiger partial charge in [-0.05, 0) is 43.0 Å². The van der Waals surface area contributed by atoms with E-state index < -0.39 is 10.0 Å².